The summed E-state index contributed by atoms with van der Waals surface area (Å²) >= 11 is 0. The minimum Gasteiger partial charge on any atom is -0.322 e. The molecule has 2 heteroatoms. The third-order valence-electron chi connectivity index (χ3n) is 3.54. The van der Waals surface area contributed by atoms with Gasteiger partial charge in [0.25, 0.3) is 0 Å². The van der Waals surface area contributed by atoms with Gasteiger partial charge in [0, 0.05) is 5.39 Å². The van der Waals surface area contributed by atoms with Crippen molar-refractivity contribution < 1.29 is 0 Å². The Kier molecular flexibility index (Phi) is 3.48. The van der Waals surface area contributed by atoms with Crippen LogP contribution in [0.15, 0.2) is 60.7 Å². The minimum absolute atomic E-state index is 0.0681. The van der Waals surface area contributed by atoms with Crippen LogP contribution in [0.4, 0.5) is 0 Å². The Morgan fingerprint density at radius 3 is 2.70 bits per heavy atom. The van der Waals surface area contributed by atoms with Gasteiger partial charge in [-0.25, -0.2) is 0 Å². The maximum absolute atomic E-state index is 6.31. The SMILES string of the molecule is Cc1cccc(CC(N)c2ccc3ccccc3n2)c1. The molecule has 0 aliphatic carbocycles. The molecule has 0 amide bonds. The van der Waals surface area contributed by atoms with Crippen molar-refractivity contribution in [2.75, 3.05) is 0 Å². The molecule has 2 nitrogen and oxygen atoms in total. The first-order valence-corrected chi connectivity index (χ1v) is 6.89. The Balaban J connectivity index is 1.86. The summed E-state index contributed by atoms with van der Waals surface area (Å²) in [6.07, 6.45) is 0.813. The highest BCUT2D eigenvalue weighted by Crippen LogP contribution is 2.18. The summed E-state index contributed by atoms with van der Waals surface area (Å²) in [5, 5.41) is 1.15. The number of hydrogen-bond acceptors (Lipinski definition) is 2. The van der Waals surface area contributed by atoms with E-state index in [0.29, 0.717) is 0 Å². The fourth-order valence-electron chi connectivity index (χ4n) is 2.49. The Bertz CT molecular complexity index is 734. The highest BCUT2D eigenvalue weighted by molar-refractivity contribution is 5.78. The second-order valence-electron chi connectivity index (χ2n) is 5.23. The number of hydrogen-bond donors (Lipinski definition) is 1. The maximum atomic E-state index is 6.31. The third-order valence-corrected chi connectivity index (χ3v) is 3.54. The van der Waals surface area contributed by atoms with Gasteiger partial charge in [-0.15, -0.1) is 0 Å². The topological polar surface area (TPSA) is 38.9 Å². The number of benzene rings is 2. The molecule has 1 unspecified atom stereocenters. The highest BCUT2D eigenvalue weighted by atomic mass is 14.8. The van der Waals surface area contributed by atoms with Crippen LogP contribution in [0.5, 0.6) is 0 Å². The van der Waals surface area contributed by atoms with Crippen LogP contribution in [0.3, 0.4) is 0 Å². The Morgan fingerprint density at radius 2 is 1.85 bits per heavy atom. The lowest BCUT2D eigenvalue weighted by Crippen LogP contribution is -2.15. The molecule has 0 radical (unpaired) electrons. The van der Waals surface area contributed by atoms with E-state index >= 15 is 0 Å². The van der Waals surface area contributed by atoms with Crippen LogP contribution in [0, 0.1) is 6.92 Å². The monoisotopic (exact) mass is 262 g/mol. The zero-order valence-corrected chi connectivity index (χ0v) is 11.6. The van der Waals surface area contributed by atoms with Gasteiger partial charge in [0.15, 0.2) is 0 Å². The van der Waals surface area contributed by atoms with Crippen LogP contribution >= 0.6 is 0 Å². The van der Waals surface area contributed by atoms with Crippen molar-refractivity contribution in [1.82, 2.24) is 4.98 Å². The van der Waals surface area contributed by atoms with Gasteiger partial charge >= 0.3 is 0 Å². The summed E-state index contributed by atoms with van der Waals surface area (Å²) in [6, 6.07) is 20.7. The van der Waals surface area contributed by atoms with Gasteiger partial charge in [0.1, 0.15) is 0 Å². The summed E-state index contributed by atoms with van der Waals surface area (Å²) in [4.78, 5) is 4.67. The second-order valence-corrected chi connectivity index (χ2v) is 5.23. The zero-order chi connectivity index (χ0) is 13.9. The van der Waals surface area contributed by atoms with Gasteiger partial charge in [-0.2, -0.15) is 0 Å². The molecule has 20 heavy (non-hydrogen) atoms. The molecule has 2 aromatic carbocycles. The number of aryl methyl sites for hydroxylation is 1. The van der Waals surface area contributed by atoms with Crippen LogP contribution < -0.4 is 5.73 Å². The molecule has 0 saturated carbocycles. The third kappa shape index (κ3) is 2.70. The van der Waals surface area contributed by atoms with Crippen LogP contribution in [0.2, 0.25) is 0 Å². The van der Waals surface area contributed by atoms with Crippen molar-refractivity contribution >= 4 is 10.9 Å². The van der Waals surface area contributed by atoms with Crippen molar-refractivity contribution in [3.05, 3.63) is 77.5 Å². The minimum atomic E-state index is -0.0681. The molecule has 0 spiro atoms. The molecule has 0 bridgehead atoms. The first-order valence-electron chi connectivity index (χ1n) is 6.89. The molecule has 0 saturated heterocycles. The molecule has 1 heterocycles. The van der Waals surface area contributed by atoms with E-state index in [9.17, 15) is 0 Å². The molecule has 3 aromatic rings. The number of fused-ring (bicyclic) bond motifs is 1. The molecular formula is C18H18N2. The fraction of sp³-hybridized carbons (Fsp3) is 0.167. The fourth-order valence-corrected chi connectivity index (χ4v) is 2.49. The normalized spacial score (nSPS) is 12.5. The lowest BCUT2D eigenvalue weighted by atomic mass is 10.0. The van der Waals surface area contributed by atoms with Gasteiger partial charge < -0.3 is 5.73 Å². The summed E-state index contributed by atoms with van der Waals surface area (Å²) < 4.78 is 0. The molecule has 0 aliphatic rings. The van der Waals surface area contributed by atoms with Crippen LogP contribution in [0.25, 0.3) is 10.9 Å². The molecule has 3 rings (SSSR count). The van der Waals surface area contributed by atoms with Crippen molar-refractivity contribution in [1.29, 1.82) is 0 Å². The molecule has 0 fully saturated rings. The highest BCUT2D eigenvalue weighted by Gasteiger charge is 2.09. The second kappa shape index (κ2) is 5.43. The maximum Gasteiger partial charge on any atom is 0.0706 e. The van der Waals surface area contributed by atoms with Crippen molar-refractivity contribution in [3.63, 3.8) is 0 Å². The average Bonchev–Trinajstić information content (AvgIpc) is 2.47. The molecular weight excluding hydrogens is 244 g/mol. The summed E-state index contributed by atoms with van der Waals surface area (Å²) in [7, 11) is 0. The van der Waals surface area contributed by atoms with Crippen molar-refractivity contribution in [3.8, 4) is 0 Å². The first-order chi connectivity index (χ1) is 9.72. The lowest BCUT2D eigenvalue weighted by Gasteiger charge is -2.12. The summed E-state index contributed by atoms with van der Waals surface area (Å²) in [5.74, 6) is 0. The molecule has 100 valence electrons. The van der Waals surface area contributed by atoms with Gasteiger partial charge in [-0.1, -0.05) is 54.1 Å². The van der Waals surface area contributed by atoms with Crippen molar-refractivity contribution in [2.24, 2.45) is 5.73 Å². The van der Waals surface area contributed by atoms with E-state index in [-0.39, 0.29) is 6.04 Å². The van der Waals surface area contributed by atoms with Crippen LogP contribution in [-0.2, 0) is 6.42 Å². The zero-order valence-electron chi connectivity index (χ0n) is 11.6. The Hall–Kier alpha value is -2.19. The number of pyridine rings is 1. The average molecular weight is 262 g/mol. The van der Waals surface area contributed by atoms with Crippen LogP contribution in [0.1, 0.15) is 22.9 Å². The van der Waals surface area contributed by atoms with E-state index in [1.165, 1.54) is 11.1 Å². The predicted molar refractivity (Wildman–Crippen MR) is 83.6 cm³/mol. The van der Waals surface area contributed by atoms with E-state index in [2.05, 4.69) is 48.3 Å². The largest absolute Gasteiger partial charge is 0.322 e. The number of para-hydroxylation sites is 1. The van der Waals surface area contributed by atoms with Gasteiger partial charge in [-0.3, -0.25) is 4.98 Å². The van der Waals surface area contributed by atoms with E-state index in [4.69, 9.17) is 5.73 Å². The standard InChI is InChI=1S/C18H18N2/c1-13-5-4-6-14(11-13)12-16(19)18-10-9-15-7-2-3-8-17(15)20-18/h2-11,16H,12,19H2,1H3. The smallest absolute Gasteiger partial charge is 0.0706 e. The number of aromatic nitrogens is 1. The van der Waals surface area contributed by atoms with E-state index in [1.807, 2.05) is 24.3 Å². The van der Waals surface area contributed by atoms with Crippen LogP contribution in [-0.4, -0.2) is 4.98 Å². The summed E-state index contributed by atoms with van der Waals surface area (Å²) in [5.41, 5.74) is 10.8. The lowest BCUT2D eigenvalue weighted by molar-refractivity contribution is 0.700. The quantitative estimate of drug-likeness (QED) is 0.780. The Labute approximate surface area is 119 Å². The predicted octanol–water partition coefficient (Wildman–Crippen LogP) is 3.79. The molecule has 1 atom stereocenters. The van der Waals surface area contributed by atoms with Gasteiger partial charge in [0.05, 0.1) is 17.3 Å². The number of rotatable bonds is 3. The molecule has 2 N–H and O–H groups in total. The first kappa shape index (κ1) is 12.8. The van der Waals surface area contributed by atoms with Gasteiger partial charge in [0.2, 0.25) is 0 Å². The molecule has 1 aromatic heterocycles. The van der Waals surface area contributed by atoms with E-state index in [0.717, 1.165) is 23.0 Å². The van der Waals surface area contributed by atoms with E-state index in [1.54, 1.807) is 0 Å². The molecule has 0 aliphatic heterocycles. The number of nitrogens with two attached hydrogens (primary N) is 1. The van der Waals surface area contributed by atoms with E-state index < -0.39 is 0 Å². The summed E-state index contributed by atoms with van der Waals surface area (Å²) in [6.45, 7) is 2.10. The number of nitrogens with zero attached hydrogens (tertiary/aromatic N) is 1. The Morgan fingerprint density at radius 1 is 1.00 bits per heavy atom. The van der Waals surface area contributed by atoms with Crippen molar-refractivity contribution in [2.45, 2.75) is 19.4 Å². The van der Waals surface area contributed by atoms with Gasteiger partial charge in [-0.05, 0) is 31.0 Å².